The van der Waals surface area contributed by atoms with Gasteiger partial charge in [0.05, 0.1) is 12.1 Å². The molecule has 0 aromatic heterocycles. The van der Waals surface area contributed by atoms with E-state index in [0.29, 0.717) is 12.7 Å². The number of nitrogens with one attached hydrogen (secondary N) is 1. The van der Waals surface area contributed by atoms with Crippen molar-refractivity contribution in [1.82, 2.24) is 5.32 Å². The number of aliphatic hydroxyl groups is 1. The molecule has 1 amide bonds. The van der Waals surface area contributed by atoms with Gasteiger partial charge in [0.25, 0.3) is 0 Å². The third-order valence-electron chi connectivity index (χ3n) is 2.86. The molecule has 0 spiro atoms. The molecule has 5 heteroatoms. The van der Waals surface area contributed by atoms with E-state index in [1.165, 1.54) is 0 Å². The molecule has 0 saturated carbocycles. The molecule has 0 aliphatic heterocycles. The van der Waals surface area contributed by atoms with Crippen LogP contribution in [-0.4, -0.2) is 35.2 Å². The lowest BCUT2D eigenvalue weighted by Crippen LogP contribution is -2.52. The van der Waals surface area contributed by atoms with Gasteiger partial charge in [-0.3, -0.25) is 0 Å². The average molecular weight is 259 g/mol. The summed E-state index contributed by atoms with van der Waals surface area (Å²) < 4.78 is 5.09. The lowest BCUT2D eigenvalue weighted by atomic mass is 9.78. The first kappa shape index (κ1) is 16.9. The van der Waals surface area contributed by atoms with Gasteiger partial charge >= 0.3 is 6.09 Å². The van der Waals surface area contributed by atoms with E-state index in [4.69, 9.17) is 4.74 Å². The number of rotatable bonds is 5. The molecule has 0 fully saturated rings. The maximum Gasteiger partial charge on any atom is 0.408 e. The molecule has 0 aliphatic carbocycles. The van der Waals surface area contributed by atoms with Crippen molar-refractivity contribution in [2.24, 2.45) is 5.41 Å². The summed E-state index contributed by atoms with van der Waals surface area (Å²) in [5.41, 5.74) is -1.36. The molecule has 0 rings (SSSR count). The second-order valence-electron chi connectivity index (χ2n) is 6.01. The summed E-state index contributed by atoms with van der Waals surface area (Å²) in [6.07, 6.45) is -0.200. The lowest BCUT2D eigenvalue weighted by molar-refractivity contribution is -0.114. The highest BCUT2D eigenvalue weighted by Crippen LogP contribution is 2.26. The monoisotopic (exact) mass is 259 g/mol. The van der Waals surface area contributed by atoms with Crippen LogP contribution in [0, 0.1) is 5.41 Å². The Morgan fingerprint density at radius 3 is 2.17 bits per heavy atom. The number of carbonyl (C=O) groups is 2. The van der Waals surface area contributed by atoms with Crippen molar-refractivity contribution in [2.75, 3.05) is 0 Å². The zero-order valence-electron chi connectivity index (χ0n) is 12.1. The van der Waals surface area contributed by atoms with E-state index in [1.54, 1.807) is 34.6 Å². The summed E-state index contributed by atoms with van der Waals surface area (Å²) in [4.78, 5) is 22.7. The summed E-state index contributed by atoms with van der Waals surface area (Å²) >= 11 is 0. The van der Waals surface area contributed by atoms with Crippen LogP contribution in [-0.2, 0) is 9.53 Å². The Labute approximate surface area is 109 Å². The molecule has 0 radical (unpaired) electrons. The summed E-state index contributed by atoms with van der Waals surface area (Å²) in [7, 11) is 0. The van der Waals surface area contributed by atoms with Crippen LogP contribution in [0.15, 0.2) is 0 Å². The van der Waals surface area contributed by atoms with Crippen LogP contribution in [0.2, 0.25) is 0 Å². The molecule has 0 bridgehead atoms. The number of aliphatic hydroxyl groups excluding tert-OH is 1. The number of amides is 1. The number of hydrogen-bond acceptors (Lipinski definition) is 4. The number of ether oxygens (including phenoxy) is 1. The van der Waals surface area contributed by atoms with Gasteiger partial charge in [-0.15, -0.1) is 0 Å². The molecule has 0 aromatic rings. The summed E-state index contributed by atoms with van der Waals surface area (Å²) in [5.74, 6) is 0. The SMILES string of the molecule is CCC(O)C(C)(C)C(C=O)NC(=O)OC(C)(C)C. The molecule has 18 heavy (non-hydrogen) atoms. The Morgan fingerprint density at radius 2 is 1.83 bits per heavy atom. The van der Waals surface area contributed by atoms with Crippen molar-refractivity contribution >= 4 is 12.4 Å². The van der Waals surface area contributed by atoms with Crippen molar-refractivity contribution < 1.29 is 19.4 Å². The first-order chi connectivity index (χ1) is 8.04. The average Bonchev–Trinajstić information content (AvgIpc) is 2.21. The number of alkyl carbamates (subject to hydrolysis) is 1. The Morgan fingerprint density at radius 1 is 1.33 bits per heavy atom. The molecule has 0 aliphatic rings. The Balaban J connectivity index is 4.71. The van der Waals surface area contributed by atoms with Gasteiger partial charge in [-0.05, 0) is 27.2 Å². The van der Waals surface area contributed by atoms with Gasteiger partial charge in [-0.1, -0.05) is 20.8 Å². The van der Waals surface area contributed by atoms with E-state index in [9.17, 15) is 14.7 Å². The molecule has 0 aromatic carbocycles. The smallest absolute Gasteiger partial charge is 0.408 e. The van der Waals surface area contributed by atoms with E-state index < -0.39 is 29.3 Å². The zero-order valence-corrected chi connectivity index (χ0v) is 12.1. The fraction of sp³-hybridized carbons (Fsp3) is 0.846. The maximum absolute atomic E-state index is 11.6. The number of carbonyl (C=O) groups excluding carboxylic acids is 2. The molecule has 0 heterocycles. The van der Waals surface area contributed by atoms with Crippen LogP contribution in [0.5, 0.6) is 0 Å². The molecule has 5 nitrogen and oxygen atoms in total. The minimum Gasteiger partial charge on any atom is -0.444 e. The van der Waals surface area contributed by atoms with Crippen LogP contribution in [0.1, 0.15) is 48.0 Å². The van der Waals surface area contributed by atoms with E-state index in [-0.39, 0.29) is 0 Å². The molecule has 0 saturated heterocycles. The van der Waals surface area contributed by atoms with E-state index in [2.05, 4.69) is 5.32 Å². The molecule has 2 atom stereocenters. The number of aldehydes is 1. The van der Waals surface area contributed by atoms with E-state index in [0.717, 1.165) is 0 Å². The summed E-state index contributed by atoms with van der Waals surface area (Å²) in [6.45, 7) is 10.5. The van der Waals surface area contributed by atoms with Gasteiger partial charge in [-0.2, -0.15) is 0 Å². The first-order valence-electron chi connectivity index (χ1n) is 6.17. The van der Waals surface area contributed by atoms with Gasteiger partial charge in [0.2, 0.25) is 0 Å². The van der Waals surface area contributed by atoms with Gasteiger partial charge in [-0.25, -0.2) is 4.79 Å². The fourth-order valence-electron chi connectivity index (χ4n) is 1.56. The Bertz CT molecular complexity index is 294. The van der Waals surface area contributed by atoms with Gasteiger partial charge in [0, 0.05) is 5.41 Å². The normalized spacial score (nSPS) is 15.7. The lowest BCUT2D eigenvalue weighted by Gasteiger charge is -2.35. The van der Waals surface area contributed by atoms with Crippen LogP contribution in [0.25, 0.3) is 0 Å². The predicted molar refractivity (Wildman–Crippen MR) is 69.3 cm³/mol. The molecule has 2 N–H and O–H groups in total. The molecule has 2 unspecified atom stereocenters. The maximum atomic E-state index is 11.6. The van der Waals surface area contributed by atoms with Gasteiger partial charge < -0.3 is 20.0 Å². The molecule has 106 valence electrons. The van der Waals surface area contributed by atoms with Crippen molar-refractivity contribution in [3.63, 3.8) is 0 Å². The van der Waals surface area contributed by atoms with Crippen LogP contribution >= 0.6 is 0 Å². The molecular formula is C13H25NO4. The van der Waals surface area contributed by atoms with Gasteiger partial charge in [0.1, 0.15) is 11.9 Å². The third kappa shape index (κ3) is 5.04. The predicted octanol–water partition coefficient (Wildman–Crippen LogP) is 1.88. The first-order valence-corrected chi connectivity index (χ1v) is 6.17. The topological polar surface area (TPSA) is 75.6 Å². The van der Waals surface area contributed by atoms with Gasteiger partial charge in [0.15, 0.2) is 0 Å². The van der Waals surface area contributed by atoms with E-state index in [1.807, 2.05) is 6.92 Å². The third-order valence-corrected chi connectivity index (χ3v) is 2.86. The second kappa shape index (κ2) is 6.18. The highest BCUT2D eigenvalue weighted by molar-refractivity contribution is 5.74. The zero-order chi connectivity index (χ0) is 14.6. The summed E-state index contributed by atoms with van der Waals surface area (Å²) in [5, 5.41) is 12.4. The van der Waals surface area contributed by atoms with Crippen LogP contribution in [0.4, 0.5) is 4.79 Å². The Kier molecular flexibility index (Phi) is 5.80. The largest absolute Gasteiger partial charge is 0.444 e. The highest BCUT2D eigenvalue weighted by Gasteiger charge is 2.37. The van der Waals surface area contributed by atoms with Crippen molar-refractivity contribution in [1.29, 1.82) is 0 Å². The van der Waals surface area contributed by atoms with Crippen molar-refractivity contribution in [3.8, 4) is 0 Å². The minimum atomic E-state index is -0.790. The van der Waals surface area contributed by atoms with Crippen molar-refractivity contribution in [3.05, 3.63) is 0 Å². The Hall–Kier alpha value is -1.10. The quantitative estimate of drug-likeness (QED) is 0.739. The fourth-order valence-corrected chi connectivity index (χ4v) is 1.56. The summed E-state index contributed by atoms with van der Waals surface area (Å²) in [6, 6.07) is -0.790. The second-order valence-corrected chi connectivity index (χ2v) is 6.01. The van der Waals surface area contributed by atoms with Crippen LogP contribution in [0.3, 0.4) is 0 Å². The minimum absolute atomic E-state index is 0.507. The highest BCUT2D eigenvalue weighted by atomic mass is 16.6. The van der Waals surface area contributed by atoms with Crippen LogP contribution < -0.4 is 5.32 Å². The van der Waals surface area contributed by atoms with E-state index >= 15 is 0 Å². The standard InChI is InChI=1S/C13H25NO4/c1-7-10(16)13(5,6)9(8-15)14-11(17)18-12(2,3)4/h8-10,16H,7H2,1-6H3,(H,14,17). The molecular weight excluding hydrogens is 234 g/mol. The van der Waals surface area contributed by atoms with Crippen molar-refractivity contribution in [2.45, 2.75) is 65.7 Å². The number of hydrogen-bond donors (Lipinski definition) is 2.